The number of ether oxygens (including phenoxy) is 2. The number of hydrogen-bond acceptors (Lipinski definition) is 7. The first-order chi connectivity index (χ1) is 18.2. The summed E-state index contributed by atoms with van der Waals surface area (Å²) in [7, 11) is 0. The third-order valence-electron chi connectivity index (χ3n) is 9.34. The van der Waals surface area contributed by atoms with Gasteiger partial charge in [0.25, 0.3) is 0 Å². The van der Waals surface area contributed by atoms with E-state index in [9.17, 15) is 25.2 Å². The number of fused-ring (bicyclic) bond motifs is 4. The van der Waals surface area contributed by atoms with E-state index in [0.29, 0.717) is 11.8 Å². The predicted octanol–water partition coefficient (Wildman–Crippen LogP) is 3.66. The minimum absolute atomic E-state index is 0.105. The van der Waals surface area contributed by atoms with Gasteiger partial charge in [-0.1, -0.05) is 43.2 Å². The Bertz CT molecular complexity index is 1570. The Hall–Kier alpha value is -3.01. The van der Waals surface area contributed by atoms with E-state index in [4.69, 9.17) is 9.47 Å². The molecule has 0 radical (unpaired) electrons. The van der Waals surface area contributed by atoms with Crippen LogP contribution in [-0.2, 0) is 9.53 Å². The smallest absolute Gasteiger partial charge is 0.343 e. The Kier molecular flexibility index (Phi) is 5.22. The number of aromatic nitrogens is 1. The molecule has 1 saturated heterocycles. The lowest BCUT2D eigenvalue weighted by Gasteiger charge is -2.40. The van der Waals surface area contributed by atoms with Crippen molar-refractivity contribution in [3.63, 3.8) is 0 Å². The van der Waals surface area contributed by atoms with E-state index in [1.54, 1.807) is 6.20 Å². The molecule has 38 heavy (non-hydrogen) atoms. The molecule has 198 valence electrons. The van der Waals surface area contributed by atoms with Crippen molar-refractivity contribution in [2.75, 3.05) is 0 Å². The molecule has 5 atom stereocenters. The molecule has 2 aliphatic carbocycles. The highest BCUT2D eigenvalue weighted by atomic mass is 16.7. The average molecular weight is 518 g/mol. The van der Waals surface area contributed by atoms with Crippen LogP contribution in [0.3, 0.4) is 0 Å². The van der Waals surface area contributed by atoms with E-state index in [2.05, 4.69) is 11.1 Å². The summed E-state index contributed by atoms with van der Waals surface area (Å²) in [4.78, 5) is 16.4. The van der Waals surface area contributed by atoms with Gasteiger partial charge in [0.05, 0.1) is 5.39 Å². The van der Waals surface area contributed by atoms with Gasteiger partial charge in [0.2, 0.25) is 5.79 Å². The Morgan fingerprint density at radius 3 is 2.45 bits per heavy atom. The van der Waals surface area contributed by atoms with Crippen LogP contribution in [0.15, 0.2) is 54.7 Å². The topological polar surface area (TPSA) is 132 Å². The van der Waals surface area contributed by atoms with Crippen LogP contribution in [0.5, 0.6) is 5.75 Å². The predicted molar refractivity (Wildman–Crippen MR) is 140 cm³/mol. The van der Waals surface area contributed by atoms with Gasteiger partial charge in [-0.2, -0.15) is 0 Å². The molecule has 2 heterocycles. The van der Waals surface area contributed by atoms with Crippen LogP contribution in [0.2, 0.25) is 0 Å². The molecule has 1 aliphatic heterocycles. The zero-order valence-corrected chi connectivity index (χ0v) is 20.9. The van der Waals surface area contributed by atoms with Crippen molar-refractivity contribution in [3.8, 4) is 5.75 Å². The van der Waals surface area contributed by atoms with E-state index >= 15 is 0 Å². The molecule has 8 heteroatoms. The molecule has 0 bridgehead atoms. The normalized spacial score (nSPS) is 32.7. The fourth-order valence-corrected chi connectivity index (χ4v) is 7.29. The monoisotopic (exact) mass is 517 g/mol. The summed E-state index contributed by atoms with van der Waals surface area (Å²) < 4.78 is 11.4. The van der Waals surface area contributed by atoms with Crippen LogP contribution >= 0.6 is 0 Å². The van der Waals surface area contributed by atoms with Crippen LogP contribution in [0, 0.1) is 5.41 Å². The molecule has 3 fully saturated rings. The minimum atomic E-state index is -2.48. The molecule has 8 nitrogen and oxygen atoms in total. The Labute approximate surface area is 218 Å². The number of H-pyrrole nitrogens is 1. The highest BCUT2D eigenvalue weighted by Gasteiger charge is 2.69. The zero-order chi connectivity index (χ0) is 26.3. The number of carbonyl (C=O) groups excluding carboxylic acids is 1. The summed E-state index contributed by atoms with van der Waals surface area (Å²) in [6, 6.07) is 16.0. The largest absolute Gasteiger partial charge is 0.422 e. The number of nitrogens with one attached hydrogen (secondary N) is 1. The molecule has 3 aliphatic rings. The van der Waals surface area contributed by atoms with Gasteiger partial charge in [0.1, 0.15) is 17.8 Å². The number of esters is 1. The van der Waals surface area contributed by atoms with Crippen LogP contribution in [0.4, 0.5) is 0 Å². The molecular weight excluding hydrogens is 486 g/mol. The van der Waals surface area contributed by atoms with Crippen molar-refractivity contribution in [3.05, 3.63) is 54.7 Å². The third kappa shape index (κ3) is 3.38. The number of aliphatic hydroxyl groups is 4. The first-order valence-corrected chi connectivity index (χ1v) is 13.4. The van der Waals surface area contributed by atoms with Gasteiger partial charge in [-0.25, -0.2) is 4.79 Å². The second kappa shape index (κ2) is 8.24. The second-order valence-corrected chi connectivity index (χ2v) is 11.6. The lowest BCUT2D eigenvalue weighted by atomic mass is 9.79. The molecule has 0 amide bonds. The minimum Gasteiger partial charge on any atom is -0.422 e. The maximum atomic E-state index is 13.3. The molecule has 0 unspecified atom stereocenters. The second-order valence-electron chi connectivity index (χ2n) is 11.6. The van der Waals surface area contributed by atoms with Crippen molar-refractivity contribution in [1.82, 2.24) is 4.98 Å². The standard InChI is InChI=1S/C30H31NO7/c32-24-25(38-30(36,26(24)33)29(35)12-11-28(16-29)9-3-4-10-28)27(34)37-22-15-31-21-8-7-19-13-17-5-1-2-6-18(17)14-20(19)23(21)22/h1-2,5-8,13-15,24-26,31-33,35-36H,3-4,9-12,16H2/t24-,25+,26+,29+,30+/m0/s1. The van der Waals surface area contributed by atoms with Crippen LogP contribution in [0.1, 0.15) is 44.9 Å². The van der Waals surface area contributed by atoms with Crippen molar-refractivity contribution in [2.45, 2.75) is 74.6 Å². The van der Waals surface area contributed by atoms with E-state index in [1.165, 1.54) is 0 Å². The zero-order valence-electron chi connectivity index (χ0n) is 20.9. The molecule has 3 aromatic carbocycles. The van der Waals surface area contributed by atoms with Gasteiger partial charge in [-0.05, 0) is 77.3 Å². The van der Waals surface area contributed by atoms with E-state index < -0.39 is 35.7 Å². The fourth-order valence-electron chi connectivity index (χ4n) is 7.29. The number of hydrogen-bond donors (Lipinski definition) is 5. The lowest BCUT2D eigenvalue weighted by Crippen LogP contribution is -2.60. The number of carbonyl (C=O) groups is 1. The van der Waals surface area contributed by atoms with Gasteiger partial charge in [-0.3, -0.25) is 0 Å². The van der Waals surface area contributed by atoms with E-state index in [-0.39, 0.29) is 24.0 Å². The molecule has 1 aromatic heterocycles. The summed E-state index contributed by atoms with van der Waals surface area (Å²) in [5.41, 5.74) is -1.11. The van der Waals surface area contributed by atoms with Crippen LogP contribution < -0.4 is 4.74 Å². The van der Waals surface area contributed by atoms with Crippen molar-refractivity contribution >= 4 is 38.4 Å². The maximum absolute atomic E-state index is 13.3. The number of benzene rings is 3. The Morgan fingerprint density at radius 2 is 1.68 bits per heavy atom. The highest BCUT2D eigenvalue weighted by Crippen LogP contribution is 2.58. The first-order valence-electron chi connectivity index (χ1n) is 13.4. The summed E-state index contributed by atoms with van der Waals surface area (Å²) in [6.45, 7) is 0. The average Bonchev–Trinajstić information content (AvgIpc) is 3.68. The van der Waals surface area contributed by atoms with Crippen molar-refractivity contribution < 1.29 is 34.7 Å². The number of aliphatic hydroxyl groups excluding tert-OH is 2. The molecule has 7 rings (SSSR count). The van der Waals surface area contributed by atoms with Crippen molar-refractivity contribution in [1.29, 1.82) is 0 Å². The fraction of sp³-hybridized carbons (Fsp3) is 0.433. The van der Waals surface area contributed by atoms with Crippen LogP contribution in [-0.4, -0.2) is 61.1 Å². The van der Waals surface area contributed by atoms with Gasteiger partial charge in [-0.15, -0.1) is 0 Å². The molecular formula is C30H31NO7. The molecule has 5 N–H and O–H groups in total. The SMILES string of the molecule is O=C(Oc1c[nH]c2ccc3cc4ccccc4cc3c12)[C@@H]1O[C@@](O)([C@@]2(O)CCC3(CCCC3)C2)[C@H](O)[C@H]1O. The maximum Gasteiger partial charge on any atom is 0.343 e. The first kappa shape index (κ1) is 24.1. The Morgan fingerprint density at radius 1 is 0.947 bits per heavy atom. The van der Waals surface area contributed by atoms with E-state index in [1.807, 2.05) is 42.5 Å². The molecule has 1 spiro atoms. The Balaban J connectivity index is 1.19. The lowest BCUT2D eigenvalue weighted by molar-refractivity contribution is -0.315. The quantitative estimate of drug-likeness (QED) is 0.207. The van der Waals surface area contributed by atoms with Crippen molar-refractivity contribution in [2.24, 2.45) is 5.41 Å². The van der Waals surface area contributed by atoms with Gasteiger partial charge in [0, 0.05) is 11.7 Å². The third-order valence-corrected chi connectivity index (χ3v) is 9.34. The summed E-state index contributed by atoms with van der Waals surface area (Å²) >= 11 is 0. The summed E-state index contributed by atoms with van der Waals surface area (Å²) in [6.07, 6.45) is 1.45. The molecule has 4 aromatic rings. The van der Waals surface area contributed by atoms with Gasteiger partial charge in [0.15, 0.2) is 11.9 Å². The van der Waals surface area contributed by atoms with Gasteiger partial charge < -0.3 is 34.9 Å². The van der Waals surface area contributed by atoms with E-state index in [0.717, 1.165) is 52.7 Å². The molecule has 2 saturated carbocycles. The van der Waals surface area contributed by atoms with Crippen LogP contribution in [0.25, 0.3) is 32.4 Å². The summed E-state index contributed by atoms with van der Waals surface area (Å²) in [5, 5.41) is 49.2. The van der Waals surface area contributed by atoms with Gasteiger partial charge >= 0.3 is 5.97 Å². The number of aromatic amines is 1. The number of rotatable bonds is 3. The highest BCUT2D eigenvalue weighted by molar-refractivity contribution is 6.14. The summed E-state index contributed by atoms with van der Waals surface area (Å²) in [5.74, 6) is -3.19.